The first-order valence-electron chi connectivity index (χ1n) is 5.80. The van der Waals surface area contributed by atoms with Gasteiger partial charge in [0.05, 0.1) is 0 Å². The summed E-state index contributed by atoms with van der Waals surface area (Å²) in [5.41, 5.74) is 0.861. The van der Waals surface area contributed by atoms with Crippen LogP contribution in [0.1, 0.15) is 24.3 Å². The van der Waals surface area contributed by atoms with E-state index in [-0.39, 0.29) is 23.5 Å². The number of nitrogens with one attached hydrogen (secondary N) is 1. The maximum absolute atomic E-state index is 12.1. The van der Waals surface area contributed by atoms with Gasteiger partial charge in [-0.1, -0.05) is 30.3 Å². The number of rotatable bonds is 5. The maximum Gasteiger partial charge on any atom is 0.274 e. The zero-order valence-electron chi connectivity index (χ0n) is 10.4. The number of hydrogen-bond donors (Lipinski definition) is 2. The average molecular weight is 281 g/mol. The maximum atomic E-state index is 12.1. The lowest BCUT2D eigenvalue weighted by molar-refractivity contribution is 0.236. The van der Waals surface area contributed by atoms with Gasteiger partial charge in [0.2, 0.25) is 5.09 Å². The van der Waals surface area contributed by atoms with Crippen molar-refractivity contribution in [1.29, 1.82) is 0 Å². The molecule has 2 N–H and O–H groups in total. The van der Waals surface area contributed by atoms with Crippen molar-refractivity contribution in [3.63, 3.8) is 0 Å². The molecule has 0 bridgehead atoms. The Morgan fingerprint density at radius 3 is 2.47 bits per heavy atom. The number of aliphatic hydroxyl groups is 1. The Bertz CT molecular complexity index is 634. The summed E-state index contributed by atoms with van der Waals surface area (Å²) < 4.78 is 31.7. The second-order valence-corrected chi connectivity index (χ2v) is 5.78. The van der Waals surface area contributed by atoms with Crippen LogP contribution in [-0.4, -0.2) is 13.5 Å². The van der Waals surface area contributed by atoms with Gasteiger partial charge in [-0.15, -0.1) is 0 Å². The van der Waals surface area contributed by atoms with Crippen molar-refractivity contribution < 1.29 is 17.9 Å². The Kier molecular flexibility index (Phi) is 4.04. The molecule has 0 saturated heterocycles. The van der Waals surface area contributed by atoms with Crippen molar-refractivity contribution in [2.75, 3.05) is 0 Å². The number of aliphatic hydroxyl groups excluding tert-OH is 1. The SMILES string of the molecule is CC(NS(=O)(=O)c1ccc(CO)o1)c1ccccc1. The van der Waals surface area contributed by atoms with Gasteiger partial charge in [0.15, 0.2) is 0 Å². The highest BCUT2D eigenvalue weighted by Gasteiger charge is 2.21. The van der Waals surface area contributed by atoms with E-state index in [1.807, 2.05) is 30.3 Å². The van der Waals surface area contributed by atoms with E-state index in [2.05, 4.69) is 4.72 Å². The van der Waals surface area contributed by atoms with Gasteiger partial charge in [0.25, 0.3) is 10.0 Å². The Balaban J connectivity index is 2.17. The van der Waals surface area contributed by atoms with Crippen LogP contribution < -0.4 is 4.72 Å². The molecule has 0 aliphatic carbocycles. The first-order valence-corrected chi connectivity index (χ1v) is 7.28. The summed E-state index contributed by atoms with van der Waals surface area (Å²) >= 11 is 0. The van der Waals surface area contributed by atoms with E-state index >= 15 is 0 Å². The van der Waals surface area contributed by atoms with Gasteiger partial charge in [-0.05, 0) is 24.6 Å². The third kappa shape index (κ3) is 3.23. The summed E-state index contributed by atoms with van der Waals surface area (Å²) in [7, 11) is -3.72. The summed E-state index contributed by atoms with van der Waals surface area (Å²) in [5, 5.41) is 8.67. The number of hydrogen-bond acceptors (Lipinski definition) is 4. The molecule has 0 amide bonds. The molecular formula is C13H15NO4S. The first-order chi connectivity index (χ1) is 9.03. The largest absolute Gasteiger partial charge is 0.446 e. The van der Waals surface area contributed by atoms with E-state index in [1.54, 1.807) is 6.92 Å². The van der Waals surface area contributed by atoms with E-state index in [1.165, 1.54) is 12.1 Å². The third-order valence-corrected chi connectivity index (χ3v) is 4.10. The minimum Gasteiger partial charge on any atom is -0.446 e. The lowest BCUT2D eigenvalue weighted by Gasteiger charge is -2.13. The normalized spacial score (nSPS) is 13.4. The highest BCUT2D eigenvalue weighted by atomic mass is 32.2. The van der Waals surface area contributed by atoms with Crippen LogP contribution in [0.25, 0.3) is 0 Å². The van der Waals surface area contributed by atoms with Crippen LogP contribution in [0.3, 0.4) is 0 Å². The van der Waals surface area contributed by atoms with Crippen molar-refractivity contribution in [3.05, 3.63) is 53.8 Å². The Hall–Kier alpha value is -1.63. The summed E-state index contributed by atoms with van der Waals surface area (Å²) in [6.45, 7) is 1.42. The molecular weight excluding hydrogens is 266 g/mol. The van der Waals surface area contributed by atoms with Gasteiger partial charge < -0.3 is 9.52 Å². The van der Waals surface area contributed by atoms with Gasteiger partial charge in [-0.2, -0.15) is 0 Å². The molecule has 1 unspecified atom stereocenters. The summed E-state index contributed by atoms with van der Waals surface area (Å²) in [4.78, 5) is 0. The molecule has 0 aliphatic heterocycles. The minimum atomic E-state index is -3.72. The Labute approximate surface area is 111 Å². The van der Waals surface area contributed by atoms with E-state index < -0.39 is 10.0 Å². The van der Waals surface area contributed by atoms with Crippen molar-refractivity contribution in [2.45, 2.75) is 24.7 Å². The van der Waals surface area contributed by atoms with Crippen LogP contribution in [0, 0.1) is 0 Å². The number of benzene rings is 1. The monoisotopic (exact) mass is 281 g/mol. The van der Waals surface area contributed by atoms with Crippen LogP contribution in [0.2, 0.25) is 0 Å². The zero-order valence-corrected chi connectivity index (χ0v) is 11.2. The van der Waals surface area contributed by atoms with Crippen molar-refractivity contribution >= 4 is 10.0 Å². The highest BCUT2D eigenvalue weighted by molar-refractivity contribution is 7.89. The van der Waals surface area contributed by atoms with E-state index in [4.69, 9.17) is 9.52 Å². The van der Waals surface area contributed by atoms with Crippen molar-refractivity contribution in [3.8, 4) is 0 Å². The summed E-state index contributed by atoms with van der Waals surface area (Å²) in [6.07, 6.45) is 0. The molecule has 1 aromatic carbocycles. The molecule has 1 heterocycles. The van der Waals surface area contributed by atoms with Crippen LogP contribution in [-0.2, 0) is 16.6 Å². The van der Waals surface area contributed by atoms with E-state index in [0.29, 0.717) is 0 Å². The third-order valence-electron chi connectivity index (χ3n) is 2.69. The highest BCUT2D eigenvalue weighted by Crippen LogP contribution is 2.18. The predicted molar refractivity (Wildman–Crippen MR) is 69.8 cm³/mol. The molecule has 1 atom stereocenters. The van der Waals surface area contributed by atoms with Gasteiger partial charge in [-0.25, -0.2) is 13.1 Å². The standard InChI is InChI=1S/C13H15NO4S/c1-10(11-5-3-2-4-6-11)14-19(16,17)13-8-7-12(9-15)18-13/h2-8,10,14-15H,9H2,1H3. The Morgan fingerprint density at radius 2 is 1.89 bits per heavy atom. The lowest BCUT2D eigenvalue weighted by atomic mass is 10.1. The second kappa shape index (κ2) is 5.56. The van der Waals surface area contributed by atoms with Crippen LogP contribution in [0.4, 0.5) is 0 Å². The Morgan fingerprint density at radius 1 is 1.21 bits per heavy atom. The fourth-order valence-corrected chi connectivity index (χ4v) is 2.87. The van der Waals surface area contributed by atoms with Gasteiger partial charge in [0.1, 0.15) is 12.4 Å². The van der Waals surface area contributed by atoms with Gasteiger partial charge in [-0.3, -0.25) is 0 Å². The quantitative estimate of drug-likeness (QED) is 0.876. The molecule has 5 nitrogen and oxygen atoms in total. The molecule has 102 valence electrons. The van der Waals surface area contributed by atoms with E-state index in [0.717, 1.165) is 5.56 Å². The lowest BCUT2D eigenvalue weighted by Crippen LogP contribution is -2.26. The molecule has 2 aromatic rings. The van der Waals surface area contributed by atoms with Gasteiger partial charge >= 0.3 is 0 Å². The predicted octanol–water partition coefficient (Wildman–Crippen LogP) is 1.81. The molecule has 0 aliphatic rings. The fourth-order valence-electron chi connectivity index (χ4n) is 1.69. The van der Waals surface area contributed by atoms with Crippen LogP contribution in [0.15, 0.2) is 52.0 Å². The smallest absolute Gasteiger partial charge is 0.274 e. The molecule has 6 heteroatoms. The second-order valence-electron chi connectivity index (χ2n) is 4.13. The average Bonchev–Trinajstić information content (AvgIpc) is 2.89. The molecule has 0 radical (unpaired) electrons. The molecule has 19 heavy (non-hydrogen) atoms. The number of sulfonamides is 1. The topological polar surface area (TPSA) is 79.5 Å². The molecule has 0 spiro atoms. The summed E-state index contributed by atoms with van der Waals surface area (Å²) in [6, 6.07) is 11.6. The van der Waals surface area contributed by atoms with Crippen LogP contribution in [0.5, 0.6) is 0 Å². The molecule has 0 fully saturated rings. The van der Waals surface area contributed by atoms with Crippen molar-refractivity contribution in [1.82, 2.24) is 4.72 Å². The molecule has 1 aromatic heterocycles. The van der Waals surface area contributed by atoms with Crippen LogP contribution >= 0.6 is 0 Å². The first kappa shape index (κ1) is 13.8. The zero-order chi connectivity index (χ0) is 13.9. The number of furan rings is 1. The fraction of sp³-hybridized carbons (Fsp3) is 0.231. The van der Waals surface area contributed by atoms with Crippen molar-refractivity contribution in [2.24, 2.45) is 0 Å². The summed E-state index contributed by atoms with van der Waals surface area (Å²) in [5.74, 6) is 0.215. The minimum absolute atomic E-state index is 0.195. The molecule has 2 rings (SSSR count). The molecule has 0 saturated carbocycles. The van der Waals surface area contributed by atoms with Gasteiger partial charge in [0, 0.05) is 6.04 Å². The van der Waals surface area contributed by atoms with E-state index in [9.17, 15) is 8.42 Å².